The molecule has 33 heavy (non-hydrogen) atoms. The van der Waals surface area contributed by atoms with Crippen LogP contribution in [0.2, 0.25) is 0 Å². The molecule has 0 aliphatic carbocycles. The quantitative estimate of drug-likeness (QED) is 0.312. The van der Waals surface area contributed by atoms with E-state index in [1.165, 1.54) is 11.6 Å². The second kappa shape index (κ2) is 10.7. The predicted octanol–water partition coefficient (Wildman–Crippen LogP) is 5.74. The van der Waals surface area contributed by atoms with E-state index < -0.39 is 4.92 Å². The van der Waals surface area contributed by atoms with Gasteiger partial charge < -0.3 is 9.73 Å². The molecule has 0 aliphatic heterocycles. The summed E-state index contributed by atoms with van der Waals surface area (Å²) in [6.07, 6.45) is 0. The smallest absolute Gasteiger partial charge is 0.282 e. The van der Waals surface area contributed by atoms with Gasteiger partial charge in [0.2, 0.25) is 17.5 Å². The Labute approximate surface area is 194 Å². The van der Waals surface area contributed by atoms with E-state index >= 15 is 0 Å². The van der Waals surface area contributed by atoms with E-state index in [0.717, 1.165) is 18.7 Å². The summed E-state index contributed by atoms with van der Waals surface area (Å²) in [7, 11) is 0. The van der Waals surface area contributed by atoms with Crippen LogP contribution < -0.4 is 5.32 Å². The molecular formula is C25H29N5O3. The summed E-state index contributed by atoms with van der Waals surface area (Å²) in [5.41, 5.74) is 2.61. The minimum absolute atomic E-state index is 0.0435. The SMILES string of the molecule is CCN(CC)C(CNc1oc(-c2ccccc2[N+](=O)[O-])nc1C#N)c1ccc(C(C)C)cc1. The maximum Gasteiger partial charge on any atom is 0.282 e. The highest BCUT2D eigenvalue weighted by Crippen LogP contribution is 2.32. The lowest BCUT2D eigenvalue weighted by Crippen LogP contribution is -2.33. The van der Waals surface area contributed by atoms with Gasteiger partial charge in [-0.05, 0) is 36.2 Å². The number of nitriles is 1. The molecule has 0 radical (unpaired) electrons. The van der Waals surface area contributed by atoms with Gasteiger partial charge in [-0.15, -0.1) is 0 Å². The van der Waals surface area contributed by atoms with Crippen LogP contribution in [0, 0.1) is 21.4 Å². The van der Waals surface area contributed by atoms with Gasteiger partial charge in [0, 0.05) is 12.6 Å². The molecule has 1 atom stereocenters. The molecule has 0 spiro atoms. The van der Waals surface area contributed by atoms with Crippen LogP contribution in [0.3, 0.4) is 0 Å². The largest absolute Gasteiger partial charge is 0.419 e. The zero-order chi connectivity index (χ0) is 24.0. The Balaban J connectivity index is 1.89. The predicted molar refractivity (Wildman–Crippen MR) is 128 cm³/mol. The number of nitrogens with zero attached hydrogens (tertiary/aromatic N) is 4. The Kier molecular flexibility index (Phi) is 7.80. The highest BCUT2D eigenvalue weighted by atomic mass is 16.6. The number of nitro benzene ring substituents is 1. The molecule has 2 aromatic carbocycles. The number of aromatic nitrogens is 1. The van der Waals surface area contributed by atoms with E-state index in [1.54, 1.807) is 18.2 Å². The van der Waals surface area contributed by atoms with Crippen molar-refractivity contribution in [1.82, 2.24) is 9.88 Å². The molecule has 1 N–H and O–H groups in total. The molecule has 1 heterocycles. The van der Waals surface area contributed by atoms with Crippen LogP contribution in [0.25, 0.3) is 11.5 Å². The summed E-state index contributed by atoms with van der Waals surface area (Å²) in [6, 6.07) is 16.9. The minimum atomic E-state index is -0.490. The monoisotopic (exact) mass is 447 g/mol. The fourth-order valence-corrected chi connectivity index (χ4v) is 3.86. The second-order valence-corrected chi connectivity index (χ2v) is 8.02. The van der Waals surface area contributed by atoms with E-state index in [0.29, 0.717) is 12.5 Å². The summed E-state index contributed by atoms with van der Waals surface area (Å²) >= 11 is 0. The standard InChI is InChI=1S/C25H29N5O3/c1-5-29(6-2)23(19-13-11-18(12-14-19)17(3)4)16-27-25-21(15-26)28-24(33-25)20-9-7-8-10-22(20)30(31)32/h7-14,17,23,27H,5-6,16H2,1-4H3. The molecule has 3 rings (SSSR count). The Hall–Kier alpha value is -3.70. The molecule has 8 heteroatoms. The van der Waals surface area contributed by atoms with E-state index in [2.05, 4.69) is 67.2 Å². The summed E-state index contributed by atoms with van der Waals surface area (Å²) in [5.74, 6) is 0.709. The number of hydrogen-bond donors (Lipinski definition) is 1. The average Bonchev–Trinajstić information content (AvgIpc) is 3.25. The highest BCUT2D eigenvalue weighted by Gasteiger charge is 2.24. The number of anilines is 1. The first-order valence-electron chi connectivity index (χ1n) is 11.1. The van der Waals surface area contributed by atoms with Gasteiger partial charge in [0.25, 0.3) is 5.69 Å². The zero-order valence-corrected chi connectivity index (χ0v) is 19.4. The molecule has 0 bridgehead atoms. The van der Waals surface area contributed by atoms with Crippen molar-refractivity contribution in [2.75, 3.05) is 25.0 Å². The fourth-order valence-electron chi connectivity index (χ4n) is 3.86. The van der Waals surface area contributed by atoms with Crippen molar-refractivity contribution in [1.29, 1.82) is 5.26 Å². The molecule has 1 aromatic heterocycles. The second-order valence-electron chi connectivity index (χ2n) is 8.02. The minimum Gasteiger partial charge on any atom is -0.419 e. The van der Waals surface area contributed by atoms with Gasteiger partial charge in [0.05, 0.1) is 11.0 Å². The van der Waals surface area contributed by atoms with Crippen molar-refractivity contribution in [2.24, 2.45) is 0 Å². The summed E-state index contributed by atoms with van der Waals surface area (Å²) in [4.78, 5) is 17.4. The molecule has 0 amide bonds. The number of nitro groups is 1. The summed E-state index contributed by atoms with van der Waals surface area (Å²) < 4.78 is 5.80. The molecular weight excluding hydrogens is 418 g/mol. The van der Waals surface area contributed by atoms with Gasteiger partial charge >= 0.3 is 0 Å². The normalized spacial score (nSPS) is 12.0. The van der Waals surface area contributed by atoms with E-state index in [9.17, 15) is 15.4 Å². The molecule has 3 aromatic rings. The van der Waals surface area contributed by atoms with Crippen molar-refractivity contribution in [2.45, 2.75) is 39.7 Å². The number of likely N-dealkylation sites (N-methyl/N-ethyl adjacent to an activating group) is 1. The zero-order valence-electron chi connectivity index (χ0n) is 19.4. The van der Waals surface area contributed by atoms with Gasteiger partial charge in [-0.1, -0.05) is 64.1 Å². The van der Waals surface area contributed by atoms with Gasteiger partial charge in [0.1, 0.15) is 11.6 Å². The molecule has 0 aliphatic rings. The average molecular weight is 448 g/mol. The third kappa shape index (κ3) is 5.38. The lowest BCUT2D eigenvalue weighted by molar-refractivity contribution is -0.384. The Morgan fingerprint density at radius 2 is 1.76 bits per heavy atom. The van der Waals surface area contributed by atoms with Gasteiger partial charge in [-0.3, -0.25) is 15.0 Å². The number of nitrogens with one attached hydrogen (secondary N) is 1. The van der Waals surface area contributed by atoms with Crippen LogP contribution in [0.15, 0.2) is 52.9 Å². The van der Waals surface area contributed by atoms with E-state index in [-0.39, 0.29) is 34.8 Å². The molecule has 8 nitrogen and oxygen atoms in total. The molecule has 0 fully saturated rings. The van der Waals surface area contributed by atoms with Crippen LogP contribution in [-0.2, 0) is 0 Å². The van der Waals surface area contributed by atoms with Crippen molar-refractivity contribution in [3.63, 3.8) is 0 Å². The Morgan fingerprint density at radius 3 is 2.33 bits per heavy atom. The number of oxazole rings is 1. The first kappa shape index (κ1) is 24.0. The Bertz CT molecular complexity index is 1130. The van der Waals surface area contributed by atoms with Crippen molar-refractivity contribution < 1.29 is 9.34 Å². The van der Waals surface area contributed by atoms with Crippen molar-refractivity contribution in [3.05, 3.63) is 75.5 Å². The number of benzene rings is 2. The maximum absolute atomic E-state index is 11.4. The summed E-state index contributed by atoms with van der Waals surface area (Å²) in [6.45, 7) is 10.8. The van der Waals surface area contributed by atoms with Gasteiger partial charge in [-0.2, -0.15) is 10.2 Å². The van der Waals surface area contributed by atoms with Crippen LogP contribution in [0.5, 0.6) is 0 Å². The van der Waals surface area contributed by atoms with Crippen molar-refractivity contribution in [3.8, 4) is 17.5 Å². The van der Waals surface area contributed by atoms with Crippen molar-refractivity contribution >= 4 is 11.6 Å². The molecule has 0 saturated heterocycles. The maximum atomic E-state index is 11.4. The number of hydrogen-bond acceptors (Lipinski definition) is 7. The van der Waals surface area contributed by atoms with Crippen LogP contribution in [0.1, 0.15) is 56.5 Å². The lowest BCUT2D eigenvalue weighted by Gasteiger charge is -2.30. The first-order valence-corrected chi connectivity index (χ1v) is 11.1. The number of para-hydroxylation sites is 1. The van der Waals surface area contributed by atoms with Crippen LogP contribution in [-0.4, -0.2) is 34.4 Å². The van der Waals surface area contributed by atoms with Gasteiger partial charge in [-0.25, -0.2) is 0 Å². The molecule has 1 unspecified atom stereocenters. The van der Waals surface area contributed by atoms with Crippen LogP contribution >= 0.6 is 0 Å². The topological polar surface area (TPSA) is 108 Å². The van der Waals surface area contributed by atoms with Gasteiger partial charge in [0.15, 0.2) is 0 Å². The third-order valence-corrected chi connectivity index (χ3v) is 5.76. The molecule has 172 valence electrons. The van der Waals surface area contributed by atoms with Crippen LogP contribution in [0.4, 0.5) is 11.6 Å². The fraction of sp³-hybridized carbons (Fsp3) is 0.360. The number of rotatable bonds is 10. The lowest BCUT2D eigenvalue weighted by atomic mass is 9.98. The highest BCUT2D eigenvalue weighted by molar-refractivity contribution is 5.68. The first-order chi connectivity index (χ1) is 15.9. The van der Waals surface area contributed by atoms with E-state index in [4.69, 9.17) is 4.42 Å². The molecule has 0 saturated carbocycles. The summed E-state index contributed by atoms with van der Waals surface area (Å²) in [5, 5.41) is 24.2. The third-order valence-electron chi connectivity index (χ3n) is 5.76. The Morgan fingerprint density at radius 1 is 1.12 bits per heavy atom. The van der Waals surface area contributed by atoms with E-state index in [1.807, 2.05) is 6.07 Å².